The summed E-state index contributed by atoms with van der Waals surface area (Å²) in [5.74, 6) is -12.9. The van der Waals surface area contributed by atoms with Crippen molar-refractivity contribution in [3.05, 3.63) is 125 Å². The second kappa shape index (κ2) is 13.3. The molecular formula is C28H22F5N4O5P. The molecule has 0 saturated carbocycles. The molecule has 5 N–H and O–H groups in total. The van der Waals surface area contributed by atoms with Crippen molar-refractivity contribution in [1.29, 1.82) is 0 Å². The standard InChI is InChI=1S/C28H22F5N4O5P/c29-21-20(22(30)24(32)25(33)23(21)31)15-40-28(38)37-26(16-11-13-17(14-12-16)36-27(34)35)43(39,41-18-7-3-1-4-8-18)42-19-9-5-2-6-10-19/h1-14,26H,15H2,(H,37,38)(H4,34,35,36). The van der Waals surface area contributed by atoms with Crippen LogP contribution in [-0.2, 0) is 15.9 Å². The van der Waals surface area contributed by atoms with Gasteiger partial charge in [0.05, 0.1) is 11.3 Å². The highest BCUT2D eigenvalue weighted by Gasteiger charge is 2.42. The molecule has 43 heavy (non-hydrogen) atoms. The zero-order valence-corrected chi connectivity index (χ0v) is 22.7. The minimum Gasteiger partial charge on any atom is -0.444 e. The van der Waals surface area contributed by atoms with E-state index in [2.05, 4.69) is 10.3 Å². The number of benzene rings is 4. The van der Waals surface area contributed by atoms with Crippen LogP contribution in [-0.4, -0.2) is 12.1 Å². The summed E-state index contributed by atoms with van der Waals surface area (Å²) in [4.78, 5) is 16.8. The van der Waals surface area contributed by atoms with Crippen molar-refractivity contribution in [3.8, 4) is 11.5 Å². The van der Waals surface area contributed by atoms with Crippen LogP contribution in [0.5, 0.6) is 11.5 Å². The first-order chi connectivity index (χ1) is 20.5. The first-order valence-corrected chi connectivity index (χ1v) is 13.8. The summed E-state index contributed by atoms with van der Waals surface area (Å²) in [5, 5.41) is 2.26. The maximum absolute atomic E-state index is 14.5. The second-order valence-corrected chi connectivity index (χ2v) is 10.6. The topological polar surface area (TPSA) is 138 Å². The van der Waals surface area contributed by atoms with E-state index in [0.29, 0.717) is 5.69 Å². The number of nitrogens with one attached hydrogen (secondary N) is 1. The number of halogens is 5. The molecular weight excluding hydrogens is 598 g/mol. The van der Waals surface area contributed by atoms with Gasteiger partial charge in [0.2, 0.25) is 5.82 Å². The van der Waals surface area contributed by atoms with E-state index in [1.165, 1.54) is 48.5 Å². The molecule has 0 aromatic heterocycles. The maximum atomic E-state index is 14.5. The van der Waals surface area contributed by atoms with Gasteiger partial charge in [-0.3, -0.25) is 0 Å². The van der Waals surface area contributed by atoms with Gasteiger partial charge >= 0.3 is 13.7 Å². The molecule has 1 atom stereocenters. The number of aliphatic imine (C=N–C) groups is 1. The molecule has 0 spiro atoms. The minimum absolute atomic E-state index is 0.0838. The van der Waals surface area contributed by atoms with Gasteiger partial charge in [-0.25, -0.2) is 36.3 Å². The molecule has 9 nitrogen and oxygen atoms in total. The molecule has 4 rings (SSSR count). The molecule has 0 saturated heterocycles. The van der Waals surface area contributed by atoms with E-state index in [9.17, 15) is 31.3 Å². The lowest BCUT2D eigenvalue weighted by Crippen LogP contribution is -2.31. The van der Waals surface area contributed by atoms with Crippen LogP contribution in [0.3, 0.4) is 0 Å². The van der Waals surface area contributed by atoms with Crippen molar-refractivity contribution in [2.75, 3.05) is 0 Å². The Balaban J connectivity index is 1.71. The van der Waals surface area contributed by atoms with Crippen LogP contribution >= 0.6 is 7.60 Å². The summed E-state index contributed by atoms with van der Waals surface area (Å²) in [6.45, 7) is -1.36. The first-order valence-electron chi connectivity index (χ1n) is 12.2. The predicted molar refractivity (Wildman–Crippen MR) is 146 cm³/mol. The Morgan fingerprint density at radius 1 is 0.744 bits per heavy atom. The Hall–Kier alpha value is -5.10. The van der Waals surface area contributed by atoms with E-state index in [0.717, 1.165) is 0 Å². The van der Waals surface area contributed by atoms with Gasteiger partial charge in [-0.1, -0.05) is 48.5 Å². The van der Waals surface area contributed by atoms with E-state index in [-0.39, 0.29) is 23.0 Å². The lowest BCUT2D eigenvalue weighted by Gasteiger charge is -2.28. The number of guanidine groups is 1. The Morgan fingerprint density at radius 3 is 1.67 bits per heavy atom. The SMILES string of the molecule is NC(N)=Nc1ccc(C(NC(=O)OCc2c(F)c(F)c(F)c(F)c2F)P(=O)(Oc2ccccc2)Oc2ccccc2)cc1. The van der Waals surface area contributed by atoms with Crippen molar-refractivity contribution in [1.82, 2.24) is 5.32 Å². The van der Waals surface area contributed by atoms with E-state index in [1.54, 1.807) is 36.4 Å². The summed E-state index contributed by atoms with van der Waals surface area (Å²) in [7, 11) is -4.54. The molecule has 4 aromatic rings. The number of alkyl carbamates (subject to hydrolysis) is 1. The van der Waals surface area contributed by atoms with E-state index < -0.39 is 60.7 Å². The van der Waals surface area contributed by atoms with Gasteiger partial charge in [0, 0.05) is 0 Å². The Bertz CT molecular complexity index is 1600. The number of ether oxygens (including phenoxy) is 1. The van der Waals surface area contributed by atoms with Crippen LogP contribution in [0.2, 0.25) is 0 Å². The third-order valence-corrected chi connectivity index (χ3v) is 7.63. The Morgan fingerprint density at radius 2 is 1.21 bits per heavy atom. The summed E-state index contributed by atoms with van der Waals surface area (Å²) >= 11 is 0. The van der Waals surface area contributed by atoms with Crippen LogP contribution in [0.25, 0.3) is 0 Å². The molecule has 0 heterocycles. The zero-order valence-electron chi connectivity index (χ0n) is 21.8. The van der Waals surface area contributed by atoms with E-state index in [1.807, 2.05) is 0 Å². The fourth-order valence-corrected chi connectivity index (χ4v) is 5.55. The number of nitrogens with zero attached hydrogens (tertiary/aromatic N) is 1. The number of nitrogens with two attached hydrogens (primary N) is 2. The average molecular weight is 620 g/mol. The third kappa shape index (κ3) is 7.41. The predicted octanol–water partition coefficient (Wildman–Crippen LogP) is 6.56. The number of rotatable bonds is 10. The third-order valence-electron chi connectivity index (χ3n) is 5.64. The highest BCUT2D eigenvalue weighted by molar-refractivity contribution is 7.55. The van der Waals surface area contributed by atoms with Gasteiger partial charge in [-0.05, 0) is 42.0 Å². The summed E-state index contributed by atoms with van der Waals surface area (Å²) in [5.41, 5.74) is 9.82. The molecule has 0 aliphatic carbocycles. The van der Waals surface area contributed by atoms with Crippen molar-refractivity contribution < 1.29 is 45.1 Å². The fourth-order valence-electron chi connectivity index (χ4n) is 3.67. The number of carbonyl (C=O) groups excluding carboxylic acids is 1. The van der Waals surface area contributed by atoms with Crippen LogP contribution in [0, 0.1) is 29.1 Å². The van der Waals surface area contributed by atoms with Crippen LogP contribution in [0.15, 0.2) is 89.9 Å². The molecule has 15 heteroatoms. The van der Waals surface area contributed by atoms with Gasteiger partial charge in [0.1, 0.15) is 18.1 Å². The molecule has 0 radical (unpaired) electrons. The van der Waals surface area contributed by atoms with Gasteiger partial charge in [-0.15, -0.1) is 0 Å². The first kappa shape index (κ1) is 30.8. The number of hydrogen-bond acceptors (Lipinski definition) is 6. The molecule has 4 aromatic carbocycles. The number of carbonyl (C=O) groups is 1. The van der Waals surface area contributed by atoms with Crippen molar-refractivity contribution in [2.24, 2.45) is 16.5 Å². The van der Waals surface area contributed by atoms with Crippen molar-refractivity contribution >= 4 is 25.3 Å². The van der Waals surface area contributed by atoms with Gasteiger partial charge in [-0.2, -0.15) is 0 Å². The Labute approximate surface area is 241 Å². The maximum Gasteiger partial charge on any atom is 0.457 e. The largest absolute Gasteiger partial charge is 0.457 e. The highest BCUT2D eigenvalue weighted by Crippen LogP contribution is 2.59. The van der Waals surface area contributed by atoms with E-state index >= 15 is 0 Å². The molecule has 0 bridgehead atoms. The zero-order chi connectivity index (χ0) is 31.1. The number of amides is 1. The summed E-state index contributed by atoms with van der Waals surface area (Å²) in [6.07, 6.45) is -1.46. The van der Waals surface area contributed by atoms with Gasteiger partial charge in [0.15, 0.2) is 35.0 Å². The monoisotopic (exact) mass is 620 g/mol. The highest BCUT2D eigenvalue weighted by atomic mass is 31.2. The molecule has 1 amide bonds. The van der Waals surface area contributed by atoms with Crippen LogP contribution in [0.4, 0.5) is 32.4 Å². The second-order valence-electron chi connectivity index (χ2n) is 8.65. The quantitative estimate of drug-likeness (QED) is 0.0456. The molecule has 224 valence electrons. The molecule has 1 unspecified atom stereocenters. The lowest BCUT2D eigenvalue weighted by atomic mass is 10.2. The number of hydrogen-bond donors (Lipinski definition) is 3. The summed E-state index contributed by atoms with van der Waals surface area (Å²) < 4.78 is 99.9. The molecule has 0 fully saturated rings. The minimum atomic E-state index is -4.54. The van der Waals surface area contributed by atoms with Crippen LogP contribution < -0.4 is 25.8 Å². The normalized spacial score (nSPS) is 11.7. The lowest BCUT2D eigenvalue weighted by molar-refractivity contribution is 0.133. The van der Waals surface area contributed by atoms with Crippen LogP contribution in [0.1, 0.15) is 16.9 Å². The van der Waals surface area contributed by atoms with Gasteiger partial charge in [0.25, 0.3) is 0 Å². The van der Waals surface area contributed by atoms with E-state index in [4.69, 9.17) is 25.3 Å². The van der Waals surface area contributed by atoms with Crippen molar-refractivity contribution in [2.45, 2.75) is 12.4 Å². The summed E-state index contributed by atoms with van der Waals surface area (Å²) in [6, 6.07) is 21.2. The Kier molecular flexibility index (Phi) is 9.51. The van der Waals surface area contributed by atoms with Crippen molar-refractivity contribution in [3.63, 3.8) is 0 Å². The molecule has 0 aliphatic rings. The molecule has 0 aliphatic heterocycles. The van der Waals surface area contributed by atoms with Gasteiger partial charge < -0.3 is 30.6 Å². The number of para-hydroxylation sites is 2. The smallest absolute Gasteiger partial charge is 0.444 e. The average Bonchev–Trinajstić information content (AvgIpc) is 2.99. The fraction of sp³-hybridized carbons (Fsp3) is 0.0714.